The van der Waals surface area contributed by atoms with E-state index in [0.717, 1.165) is 5.56 Å². The average molecular weight is 340 g/mol. The number of nitrogens with one attached hydrogen (secondary N) is 2. The summed E-state index contributed by atoms with van der Waals surface area (Å²) in [4.78, 5) is 24.0. The number of nitrogens with zero attached hydrogens (tertiary/aromatic N) is 2. The quantitative estimate of drug-likeness (QED) is 0.794. The molecule has 0 spiro atoms. The highest BCUT2D eigenvalue weighted by Gasteiger charge is 2.16. The van der Waals surface area contributed by atoms with Crippen LogP contribution in [0.1, 0.15) is 48.3 Å². The highest BCUT2D eigenvalue weighted by Crippen LogP contribution is 2.16. The molecule has 0 bridgehead atoms. The number of carbonyl (C=O) groups excluding carboxylic acids is 2. The number of hydrogen-bond acceptors (Lipinski definition) is 3. The molecule has 0 radical (unpaired) electrons. The van der Waals surface area contributed by atoms with Crippen molar-refractivity contribution in [2.75, 3.05) is 12.4 Å². The number of aromatic nitrogens is 2. The molecule has 1 aromatic heterocycles. The molecule has 0 aliphatic heterocycles. The first kappa shape index (κ1) is 18.4. The third-order valence-electron chi connectivity index (χ3n) is 3.82. The Balaban J connectivity index is 2.09. The van der Waals surface area contributed by atoms with Crippen LogP contribution in [0.2, 0.25) is 0 Å². The molecule has 0 saturated heterocycles. The SMILES string of the molecule is CCn1cc(NC(=O)/C=C/c2ccc(C(C)C)cc2)c(C(=O)NC)n1. The van der Waals surface area contributed by atoms with Crippen LogP contribution in [0.4, 0.5) is 5.69 Å². The summed E-state index contributed by atoms with van der Waals surface area (Å²) < 4.78 is 1.61. The topological polar surface area (TPSA) is 76.0 Å². The molecule has 2 rings (SSSR count). The summed E-state index contributed by atoms with van der Waals surface area (Å²) in [5.41, 5.74) is 2.79. The number of aryl methyl sites for hydroxylation is 1. The maximum atomic E-state index is 12.2. The third-order valence-corrected chi connectivity index (χ3v) is 3.82. The van der Waals surface area contributed by atoms with Gasteiger partial charge in [0.05, 0.1) is 5.69 Å². The summed E-state index contributed by atoms with van der Waals surface area (Å²) in [6.45, 7) is 6.79. The van der Waals surface area contributed by atoms with E-state index in [1.165, 1.54) is 18.7 Å². The molecule has 0 aliphatic carbocycles. The van der Waals surface area contributed by atoms with Gasteiger partial charge in [-0.1, -0.05) is 38.1 Å². The first-order valence-corrected chi connectivity index (χ1v) is 8.33. The van der Waals surface area contributed by atoms with Gasteiger partial charge in [-0.05, 0) is 30.0 Å². The average Bonchev–Trinajstić information content (AvgIpc) is 3.02. The summed E-state index contributed by atoms with van der Waals surface area (Å²) in [6.07, 6.45) is 4.83. The lowest BCUT2D eigenvalue weighted by Crippen LogP contribution is -2.21. The normalized spacial score (nSPS) is 11.1. The molecule has 6 heteroatoms. The van der Waals surface area contributed by atoms with E-state index in [-0.39, 0.29) is 17.5 Å². The van der Waals surface area contributed by atoms with Crippen molar-refractivity contribution in [2.45, 2.75) is 33.2 Å². The lowest BCUT2D eigenvalue weighted by molar-refractivity contribution is -0.111. The predicted molar refractivity (Wildman–Crippen MR) is 99.5 cm³/mol. The first-order chi connectivity index (χ1) is 11.9. The highest BCUT2D eigenvalue weighted by atomic mass is 16.2. The first-order valence-electron chi connectivity index (χ1n) is 8.33. The molecular formula is C19H24N4O2. The summed E-state index contributed by atoms with van der Waals surface area (Å²) in [6, 6.07) is 8.06. The minimum absolute atomic E-state index is 0.201. The van der Waals surface area contributed by atoms with Crippen LogP contribution in [0.3, 0.4) is 0 Å². The Morgan fingerprint density at radius 2 is 1.92 bits per heavy atom. The second kappa shape index (κ2) is 8.28. The third kappa shape index (κ3) is 4.79. The van der Waals surface area contributed by atoms with Crippen molar-refractivity contribution >= 4 is 23.6 Å². The van der Waals surface area contributed by atoms with Crippen LogP contribution in [-0.2, 0) is 11.3 Å². The van der Waals surface area contributed by atoms with Gasteiger partial charge in [0.25, 0.3) is 5.91 Å². The predicted octanol–water partition coefficient (Wildman–Crippen LogP) is 3.04. The van der Waals surface area contributed by atoms with Gasteiger partial charge in [-0.15, -0.1) is 0 Å². The summed E-state index contributed by atoms with van der Waals surface area (Å²) in [7, 11) is 1.53. The smallest absolute Gasteiger partial charge is 0.273 e. The zero-order valence-corrected chi connectivity index (χ0v) is 15.0. The molecule has 25 heavy (non-hydrogen) atoms. The fraction of sp³-hybridized carbons (Fsp3) is 0.316. The van der Waals surface area contributed by atoms with Crippen molar-refractivity contribution in [1.82, 2.24) is 15.1 Å². The Bertz CT molecular complexity index is 773. The molecule has 6 nitrogen and oxygen atoms in total. The molecule has 0 saturated carbocycles. The molecule has 2 N–H and O–H groups in total. The minimum atomic E-state index is -0.337. The minimum Gasteiger partial charge on any atom is -0.354 e. The standard InChI is InChI=1S/C19H24N4O2/c1-5-23-12-16(18(22-23)19(25)20-4)21-17(24)11-8-14-6-9-15(10-7-14)13(2)3/h6-13H,5H2,1-4H3,(H,20,25)(H,21,24)/b11-8+. The van der Waals surface area contributed by atoms with Gasteiger partial charge in [-0.25, -0.2) is 0 Å². The van der Waals surface area contributed by atoms with Crippen molar-refractivity contribution in [2.24, 2.45) is 0 Å². The Morgan fingerprint density at radius 3 is 2.48 bits per heavy atom. The number of rotatable bonds is 6. The van der Waals surface area contributed by atoms with Gasteiger partial charge in [0.1, 0.15) is 0 Å². The molecule has 0 unspecified atom stereocenters. The second-order valence-corrected chi connectivity index (χ2v) is 5.97. The van der Waals surface area contributed by atoms with Gasteiger partial charge in [0.2, 0.25) is 5.91 Å². The fourth-order valence-electron chi connectivity index (χ4n) is 2.30. The van der Waals surface area contributed by atoms with Crippen LogP contribution in [-0.4, -0.2) is 28.6 Å². The van der Waals surface area contributed by atoms with Crippen molar-refractivity contribution < 1.29 is 9.59 Å². The van der Waals surface area contributed by atoms with Crippen molar-refractivity contribution in [3.05, 3.63) is 53.4 Å². The van der Waals surface area contributed by atoms with E-state index < -0.39 is 0 Å². The van der Waals surface area contributed by atoms with Gasteiger partial charge in [0.15, 0.2) is 5.69 Å². The molecular weight excluding hydrogens is 316 g/mol. The number of carbonyl (C=O) groups is 2. The Labute approximate surface area is 147 Å². The van der Waals surface area contributed by atoms with E-state index in [2.05, 4.69) is 41.7 Å². The Kier molecular flexibility index (Phi) is 6.11. The Morgan fingerprint density at radius 1 is 1.24 bits per heavy atom. The monoisotopic (exact) mass is 340 g/mol. The van der Waals surface area contributed by atoms with E-state index in [4.69, 9.17) is 0 Å². The lowest BCUT2D eigenvalue weighted by Gasteiger charge is -2.04. The zero-order chi connectivity index (χ0) is 18.4. The van der Waals surface area contributed by atoms with Crippen LogP contribution in [0.5, 0.6) is 0 Å². The molecule has 132 valence electrons. The van der Waals surface area contributed by atoms with Gasteiger partial charge < -0.3 is 10.6 Å². The van der Waals surface area contributed by atoms with Crippen LogP contribution < -0.4 is 10.6 Å². The summed E-state index contributed by atoms with van der Waals surface area (Å²) in [5, 5.41) is 9.39. The van der Waals surface area contributed by atoms with E-state index in [0.29, 0.717) is 18.2 Å². The van der Waals surface area contributed by atoms with Gasteiger partial charge in [-0.3, -0.25) is 14.3 Å². The van der Waals surface area contributed by atoms with Gasteiger partial charge >= 0.3 is 0 Å². The van der Waals surface area contributed by atoms with Crippen LogP contribution >= 0.6 is 0 Å². The maximum Gasteiger partial charge on any atom is 0.273 e. The fourth-order valence-corrected chi connectivity index (χ4v) is 2.30. The number of hydrogen-bond donors (Lipinski definition) is 2. The Hall–Kier alpha value is -2.89. The van der Waals surface area contributed by atoms with Crippen LogP contribution in [0, 0.1) is 0 Å². The summed E-state index contributed by atoms with van der Waals surface area (Å²) >= 11 is 0. The van der Waals surface area contributed by atoms with Gasteiger partial charge in [-0.2, -0.15) is 5.10 Å². The van der Waals surface area contributed by atoms with Crippen molar-refractivity contribution in [3.8, 4) is 0 Å². The number of benzene rings is 1. The molecule has 1 aromatic carbocycles. The second-order valence-electron chi connectivity index (χ2n) is 5.97. The molecule has 0 atom stereocenters. The number of amides is 2. The number of anilines is 1. The van der Waals surface area contributed by atoms with Gasteiger partial charge in [0, 0.05) is 25.9 Å². The van der Waals surface area contributed by atoms with Crippen LogP contribution in [0.25, 0.3) is 6.08 Å². The van der Waals surface area contributed by atoms with Crippen LogP contribution in [0.15, 0.2) is 36.5 Å². The molecule has 2 aromatic rings. The van der Waals surface area contributed by atoms with E-state index >= 15 is 0 Å². The maximum absolute atomic E-state index is 12.2. The largest absolute Gasteiger partial charge is 0.354 e. The zero-order valence-electron chi connectivity index (χ0n) is 15.0. The summed E-state index contributed by atoms with van der Waals surface area (Å²) in [5.74, 6) is -0.177. The van der Waals surface area contributed by atoms with E-state index in [1.54, 1.807) is 17.0 Å². The lowest BCUT2D eigenvalue weighted by atomic mass is 10.0. The van der Waals surface area contributed by atoms with Crippen molar-refractivity contribution in [1.29, 1.82) is 0 Å². The van der Waals surface area contributed by atoms with E-state index in [1.807, 2.05) is 19.1 Å². The molecule has 1 heterocycles. The highest BCUT2D eigenvalue weighted by molar-refractivity contribution is 6.06. The van der Waals surface area contributed by atoms with Crippen molar-refractivity contribution in [3.63, 3.8) is 0 Å². The molecule has 0 aliphatic rings. The molecule has 0 fully saturated rings. The molecule has 2 amide bonds. The van der Waals surface area contributed by atoms with E-state index in [9.17, 15) is 9.59 Å².